The van der Waals surface area contributed by atoms with Crippen LogP contribution in [0.2, 0.25) is 0 Å². The maximum absolute atomic E-state index is 13.9. The lowest BCUT2D eigenvalue weighted by atomic mass is 10.1. The average Bonchev–Trinajstić information content (AvgIpc) is 3.61. The fourth-order valence-electron chi connectivity index (χ4n) is 5.54. The molecule has 0 radical (unpaired) electrons. The molecule has 3 aromatic heterocycles. The van der Waals surface area contributed by atoms with Crippen LogP contribution in [0.1, 0.15) is 17.7 Å². The van der Waals surface area contributed by atoms with E-state index in [1.54, 1.807) is 0 Å². The summed E-state index contributed by atoms with van der Waals surface area (Å²) in [4.78, 5) is 31.8. The minimum absolute atomic E-state index is 0.0628. The lowest BCUT2D eigenvalue weighted by Crippen LogP contribution is -2.53. The van der Waals surface area contributed by atoms with Crippen LogP contribution in [0.25, 0.3) is 33.2 Å². The lowest BCUT2D eigenvalue weighted by Gasteiger charge is -2.40. The van der Waals surface area contributed by atoms with E-state index in [4.69, 9.17) is 4.74 Å². The molecule has 9 nitrogen and oxygen atoms in total. The van der Waals surface area contributed by atoms with E-state index in [2.05, 4.69) is 19.9 Å². The van der Waals surface area contributed by atoms with Gasteiger partial charge in [-0.15, -0.1) is 0 Å². The van der Waals surface area contributed by atoms with Crippen LogP contribution in [0.5, 0.6) is 5.88 Å². The Morgan fingerprint density at radius 1 is 1.00 bits per heavy atom. The van der Waals surface area contributed by atoms with Crippen LogP contribution in [0.4, 0.5) is 26.3 Å². The molecule has 4 heterocycles. The second-order valence-electron chi connectivity index (χ2n) is 10.4. The van der Waals surface area contributed by atoms with Crippen molar-refractivity contribution in [3.8, 4) is 17.1 Å². The molecular formula is C29H25F6N7O2. The van der Waals surface area contributed by atoms with Gasteiger partial charge in [-0.3, -0.25) is 9.69 Å². The summed E-state index contributed by atoms with van der Waals surface area (Å²) >= 11 is 0. The van der Waals surface area contributed by atoms with Crippen LogP contribution in [0, 0.1) is 0 Å². The number of nitrogens with zero attached hydrogens (tertiary/aromatic N) is 6. The number of rotatable bonds is 6. The van der Waals surface area contributed by atoms with Crippen molar-refractivity contribution in [2.45, 2.75) is 24.9 Å². The molecule has 2 aromatic carbocycles. The summed E-state index contributed by atoms with van der Waals surface area (Å²) in [6, 6.07) is 14.0. The molecule has 5 aromatic rings. The van der Waals surface area contributed by atoms with Crippen molar-refractivity contribution in [1.82, 2.24) is 34.3 Å². The number of H-pyrrole nitrogens is 1. The number of pyridine rings is 1. The van der Waals surface area contributed by atoms with Gasteiger partial charge in [0, 0.05) is 25.0 Å². The molecule has 1 fully saturated rings. The molecule has 1 saturated heterocycles. The Kier molecular flexibility index (Phi) is 7.43. The number of para-hydroxylation sites is 3. The lowest BCUT2D eigenvalue weighted by molar-refractivity contribution is -0.156. The molecule has 1 unspecified atom stereocenters. The van der Waals surface area contributed by atoms with Gasteiger partial charge in [-0.2, -0.15) is 26.3 Å². The zero-order valence-electron chi connectivity index (χ0n) is 23.2. The number of amides is 1. The highest BCUT2D eigenvalue weighted by molar-refractivity contribution is 5.85. The molecule has 1 amide bonds. The number of aromatic amines is 1. The number of aromatic nitrogens is 5. The minimum atomic E-state index is -4.84. The molecule has 230 valence electrons. The number of methoxy groups -OCH3 is 1. The number of hydrogen-bond donors (Lipinski definition) is 1. The number of carbonyl (C=O) groups is 1. The summed E-state index contributed by atoms with van der Waals surface area (Å²) < 4.78 is 88.0. The molecular weight excluding hydrogens is 592 g/mol. The van der Waals surface area contributed by atoms with Crippen LogP contribution in [0.15, 0.2) is 60.8 Å². The number of benzene rings is 2. The molecule has 0 saturated carbocycles. The second-order valence-corrected chi connectivity index (χ2v) is 10.4. The Morgan fingerprint density at radius 2 is 1.73 bits per heavy atom. The maximum Gasteiger partial charge on any atom is 0.449 e. The summed E-state index contributed by atoms with van der Waals surface area (Å²) in [6.45, 7) is -2.48. The number of fused-ring (bicyclic) bond motifs is 2. The van der Waals surface area contributed by atoms with Gasteiger partial charge in [0.15, 0.2) is 0 Å². The number of hydrogen-bond acceptors (Lipinski definition) is 6. The van der Waals surface area contributed by atoms with Crippen molar-refractivity contribution < 1.29 is 35.9 Å². The highest BCUT2D eigenvalue weighted by atomic mass is 19.4. The summed E-state index contributed by atoms with van der Waals surface area (Å²) in [6.07, 6.45) is -7.88. The van der Waals surface area contributed by atoms with E-state index in [-0.39, 0.29) is 42.4 Å². The van der Waals surface area contributed by atoms with E-state index in [0.29, 0.717) is 16.8 Å². The summed E-state index contributed by atoms with van der Waals surface area (Å²) in [5, 5.41) is 0.804. The Bertz CT molecular complexity index is 1830. The van der Waals surface area contributed by atoms with Gasteiger partial charge in [-0.25, -0.2) is 15.0 Å². The predicted octanol–water partition coefficient (Wildman–Crippen LogP) is 5.45. The number of halogens is 6. The van der Waals surface area contributed by atoms with Gasteiger partial charge in [-0.1, -0.05) is 30.3 Å². The highest BCUT2D eigenvalue weighted by Crippen LogP contribution is 2.35. The number of carbonyl (C=O) groups excluding carboxylic acids is 1. The van der Waals surface area contributed by atoms with Gasteiger partial charge in [-0.05, 0) is 24.3 Å². The first-order valence-electron chi connectivity index (χ1n) is 13.5. The third-order valence-corrected chi connectivity index (χ3v) is 7.47. The Labute approximate surface area is 246 Å². The van der Waals surface area contributed by atoms with Crippen molar-refractivity contribution in [2.24, 2.45) is 0 Å². The fourth-order valence-corrected chi connectivity index (χ4v) is 5.54. The van der Waals surface area contributed by atoms with Gasteiger partial charge in [0.05, 0.1) is 47.7 Å². The van der Waals surface area contributed by atoms with E-state index in [1.165, 1.54) is 42.5 Å². The summed E-state index contributed by atoms with van der Waals surface area (Å²) in [5.74, 6) is -1.52. The van der Waals surface area contributed by atoms with E-state index in [1.807, 2.05) is 30.3 Å². The first-order valence-corrected chi connectivity index (χ1v) is 13.5. The van der Waals surface area contributed by atoms with Crippen molar-refractivity contribution in [1.29, 1.82) is 0 Å². The molecule has 0 aliphatic carbocycles. The van der Waals surface area contributed by atoms with Gasteiger partial charge in [0.2, 0.25) is 17.6 Å². The molecule has 0 spiro atoms. The first-order chi connectivity index (χ1) is 20.9. The second kappa shape index (κ2) is 11.1. The van der Waals surface area contributed by atoms with Gasteiger partial charge in [0.25, 0.3) is 0 Å². The molecule has 1 aliphatic rings. The predicted molar refractivity (Wildman–Crippen MR) is 148 cm³/mol. The standard InChI is InChI=1S/C29H25F6N7O2/c1-44-26-18(12-17-6-2-3-7-19(17)38-26)21-13-36-25(37-21)23-14-40(16-28(30,31)32)10-11-41(23)24(43)15-42-22-9-5-4-8-20(22)39-27(42)29(33,34)35/h2-9,12-13,23H,10-11,14-16H2,1H3,(H,36,37). The Hall–Kier alpha value is -4.66. The van der Waals surface area contributed by atoms with Crippen LogP contribution in [0.3, 0.4) is 0 Å². The van der Waals surface area contributed by atoms with Crippen LogP contribution in [-0.2, 0) is 17.5 Å². The van der Waals surface area contributed by atoms with Crippen molar-refractivity contribution in [3.05, 3.63) is 72.4 Å². The molecule has 15 heteroatoms. The number of alkyl halides is 6. The third kappa shape index (κ3) is 5.78. The molecule has 1 atom stereocenters. The minimum Gasteiger partial charge on any atom is -0.480 e. The maximum atomic E-state index is 13.9. The van der Waals surface area contributed by atoms with Crippen LogP contribution >= 0.6 is 0 Å². The smallest absolute Gasteiger partial charge is 0.449 e. The van der Waals surface area contributed by atoms with Crippen LogP contribution in [-0.4, -0.2) is 79.7 Å². The normalized spacial score (nSPS) is 16.6. The molecule has 6 rings (SSSR count). The third-order valence-electron chi connectivity index (χ3n) is 7.47. The van der Waals surface area contributed by atoms with Gasteiger partial charge < -0.3 is 19.2 Å². The van der Waals surface area contributed by atoms with Crippen molar-refractivity contribution in [2.75, 3.05) is 33.3 Å². The quantitative estimate of drug-likeness (QED) is 0.255. The van der Waals surface area contributed by atoms with Gasteiger partial charge in [0.1, 0.15) is 18.4 Å². The topological polar surface area (TPSA) is 92.2 Å². The molecule has 1 N–H and O–H groups in total. The fraction of sp³-hybridized carbons (Fsp3) is 0.310. The van der Waals surface area contributed by atoms with Gasteiger partial charge >= 0.3 is 12.4 Å². The van der Waals surface area contributed by atoms with E-state index in [9.17, 15) is 31.1 Å². The zero-order valence-corrected chi connectivity index (χ0v) is 23.2. The van der Waals surface area contributed by atoms with Crippen molar-refractivity contribution in [3.63, 3.8) is 0 Å². The van der Waals surface area contributed by atoms with Crippen molar-refractivity contribution >= 4 is 27.8 Å². The highest BCUT2D eigenvalue weighted by Gasteiger charge is 2.41. The summed E-state index contributed by atoms with van der Waals surface area (Å²) in [5.41, 5.74) is 1.83. The largest absolute Gasteiger partial charge is 0.480 e. The number of piperazine rings is 1. The number of imidazole rings is 2. The number of ether oxygens (including phenoxy) is 1. The Morgan fingerprint density at radius 3 is 2.45 bits per heavy atom. The van der Waals surface area contributed by atoms with E-state index >= 15 is 0 Å². The van der Waals surface area contributed by atoms with Crippen LogP contribution < -0.4 is 4.74 Å². The Balaban J connectivity index is 1.36. The average molecular weight is 618 g/mol. The van der Waals surface area contributed by atoms with E-state index < -0.39 is 43.2 Å². The molecule has 44 heavy (non-hydrogen) atoms. The zero-order chi connectivity index (χ0) is 31.2. The number of nitrogens with one attached hydrogen (secondary N) is 1. The monoisotopic (exact) mass is 617 g/mol. The SMILES string of the molecule is COc1nc2ccccc2cc1-c1cnc(C2CN(CC(F)(F)F)CCN2C(=O)Cn2c(C(F)(F)F)nc3ccccc32)[nH]1. The first kappa shape index (κ1) is 29.4. The van der Waals surface area contributed by atoms with E-state index in [0.717, 1.165) is 14.9 Å². The molecule has 0 bridgehead atoms. The summed E-state index contributed by atoms with van der Waals surface area (Å²) in [7, 11) is 1.45. The molecule has 1 aliphatic heterocycles.